The number of ether oxygens (including phenoxy) is 1. The van der Waals surface area contributed by atoms with Gasteiger partial charge in [-0.1, -0.05) is 25.7 Å². The molecule has 1 amide bonds. The van der Waals surface area contributed by atoms with E-state index in [0.29, 0.717) is 4.90 Å². The molecule has 2 aromatic rings. The summed E-state index contributed by atoms with van der Waals surface area (Å²) in [6.07, 6.45) is 0.385. The van der Waals surface area contributed by atoms with Gasteiger partial charge in [0.25, 0.3) is 0 Å². The molecular weight excluding hydrogens is 579 g/mol. The molecule has 1 aromatic heterocycles. The molecule has 222 valence electrons. The molecule has 0 fully saturated rings. The molecule has 0 spiro atoms. The Bertz CT molecular complexity index is 1430. The number of aliphatic imine (C=N–C) groups is 1. The molecule has 1 aliphatic rings. The summed E-state index contributed by atoms with van der Waals surface area (Å²) in [6.45, 7) is 7.64. The zero-order valence-corrected chi connectivity index (χ0v) is 25.0. The highest BCUT2D eigenvalue weighted by Crippen LogP contribution is 2.52. The second-order valence-corrected chi connectivity index (χ2v) is 18.6. The first-order valence-corrected chi connectivity index (χ1v) is 17.8. The summed E-state index contributed by atoms with van der Waals surface area (Å²) >= 11 is 0. The standard InChI is InChI=1S/C26H32F3N5O5SSi/c1-26(15-40(37,38)33(2)24(32-26)34(25(35)36)16-39-8-9-41(3,4)5)19-10-17(6-7-20(19)27)11-22(29)23-12-21(28)18(13-30)14-31-23/h6-7,10-12,14,37-38H,8-9,15-16H2,1-5H3,(H,35,36). The monoisotopic (exact) mass is 611 g/mol. The van der Waals surface area contributed by atoms with Crippen LogP contribution in [0.5, 0.6) is 0 Å². The van der Waals surface area contributed by atoms with Gasteiger partial charge < -0.3 is 9.84 Å². The predicted molar refractivity (Wildman–Crippen MR) is 153 cm³/mol. The Morgan fingerprint density at radius 3 is 2.56 bits per heavy atom. The van der Waals surface area contributed by atoms with Gasteiger partial charge in [-0.3, -0.25) is 14.1 Å². The van der Waals surface area contributed by atoms with E-state index in [9.17, 15) is 27.8 Å². The van der Waals surface area contributed by atoms with Gasteiger partial charge in [0.2, 0.25) is 5.96 Å². The van der Waals surface area contributed by atoms with Crippen molar-refractivity contribution in [2.45, 2.75) is 38.1 Å². The van der Waals surface area contributed by atoms with Gasteiger partial charge in [-0.15, -0.1) is 10.8 Å². The third-order valence-corrected chi connectivity index (χ3v) is 10.0. The Labute approximate surface area is 238 Å². The van der Waals surface area contributed by atoms with E-state index in [0.717, 1.165) is 34.8 Å². The minimum absolute atomic E-state index is 0.114. The maximum absolute atomic E-state index is 15.2. The van der Waals surface area contributed by atoms with Crippen molar-refractivity contribution in [2.75, 3.05) is 26.1 Å². The van der Waals surface area contributed by atoms with Gasteiger partial charge in [0.1, 0.15) is 47.1 Å². The molecule has 0 saturated carbocycles. The molecule has 3 N–H and O–H groups in total. The predicted octanol–water partition coefficient (Wildman–Crippen LogP) is 6.17. The van der Waals surface area contributed by atoms with Gasteiger partial charge in [-0.05, 0) is 36.7 Å². The van der Waals surface area contributed by atoms with E-state index in [1.54, 1.807) is 6.07 Å². The number of rotatable bonds is 8. The Hall–Kier alpha value is -3.42. The van der Waals surface area contributed by atoms with Gasteiger partial charge >= 0.3 is 6.09 Å². The van der Waals surface area contributed by atoms with Crippen molar-refractivity contribution >= 4 is 42.8 Å². The van der Waals surface area contributed by atoms with Gasteiger partial charge in [-0.25, -0.2) is 32.2 Å². The zero-order chi connectivity index (χ0) is 30.8. The Morgan fingerprint density at radius 1 is 1.29 bits per heavy atom. The van der Waals surface area contributed by atoms with Crippen LogP contribution in [0, 0.1) is 23.0 Å². The maximum Gasteiger partial charge on any atom is 0.416 e. The molecule has 15 heteroatoms. The highest BCUT2D eigenvalue weighted by molar-refractivity contribution is 8.22. The highest BCUT2D eigenvalue weighted by atomic mass is 32.3. The summed E-state index contributed by atoms with van der Waals surface area (Å²) < 4.78 is 72.4. The molecule has 1 aliphatic heterocycles. The number of benzene rings is 1. The van der Waals surface area contributed by atoms with Crippen LogP contribution < -0.4 is 0 Å². The lowest BCUT2D eigenvalue weighted by Gasteiger charge is -2.51. The number of carbonyl (C=O) groups is 1. The first kappa shape index (κ1) is 32.1. The van der Waals surface area contributed by atoms with Crippen molar-refractivity contribution in [3.05, 3.63) is 64.5 Å². The van der Waals surface area contributed by atoms with Crippen LogP contribution in [-0.2, 0) is 10.3 Å². The molecule has 0 radical (unpaired) electrons. The van der Waals surface area contributed by atoms with E-state index in [4.69, 9.17) is 10.00 Å². The summed E-state index contributed by atoms with van der Waals surface area (Å²) in [5, 5.41) is 18.7. The van der Waals surface area contributed by atoms with Gasteiger partial charge in [-0.2, -0.15) is 5.26 Å². The summed E-state index contributed by atoms with van der Waals surface area (Å²) in [5.41, 5.74) is -2.48. The molecule has 0 aliphatic carbocycles. The average Bonchev–Trinajstić information content (AvgIpc) is 2.86. The van der Waals surface area contributed by atoms with Crippen LogP contribution in [0.4, 0.5) is 18.0 Å². The molecule has 1 atom stereocenters. The summed E-state index contributed by atoms with van der Waals surface area (Å²) in [7, 11) is -3.89. The van der Waals surface area contributed by atoms with Crippen molar-refractivity contribution in [3.8, 4) is 6.07 Å². The molecular formula is C26H32F3N5O5SSi. The molecule has 10 nitrogen and oxygen atoms in total. The van der Waals surface area contributed by atoms with Crippen molar-refractivity contribution in [1.29, 1.82) is 5.26 Å². The van der Waals surface area contributed by atoms with Crippen LogP contribution >= 0.6 is 10.8 Å². The lowest BCUT2D eigenvalue weighted by Crippen LogP contribution is -2.53. The van der Waals surface area contributed by atoms with Crippen LogP contribution in [0.15, 0.2) is 35.5 Å². The highest BCUT2D eigenvalue weighted by Gasteiger charge is 2.45. The van der Waals surface area contributed by atoms with Crippen molar-refractivity contribution in [1.82, 2.24) is 14.2 Å². The molecule has 1 aromatic carbocycles. The molecule has 0 bridgehead atoms. The van der Waals surface area contributed by atoms with E-state index in [1.165, 1.54) is 26.1 Å². The van der Waals surface area contributed by atoms with Crippen molar-refractivity contribution in [3.63, 3.8) is 0 Å². The lowest BCUT2D eigenvalue weighted by molar-refractivity contribution is 0.0650. The Balaban J connectivity index is 2.02. The first-order chi connectivity index (χ1) is 19.0. The number of pyridine rings is 1. The molecule has 0 saturated heterocycles. The SMILES string of the molecule is CN1C(N(COCC[Si](C)(C)C)C(=O)O)=NC(C)(c2cc(C=C(F)c3cc(F)c(C#N)cn3)ccc2F)CS1(O)O. The first-order valence-electron chi connectivity index (χ1n) is 12.4. The number of hydrogen-bond acceptors (Lipinski definition) is 8. The molecule has 1 unspecified atom stereocenters. The van der Waals surface area contributed by atoms with Gasteiger partial charge in [0.05, 0.1) is 5.75 Å². The van der Waals surface area contributed by atoms with E-state index < -0.39 is 66.1 Å². The third-order valence-electron chi connectivity index (χ3n) is 6.31. The molecule has 2 heterocycles. The van der Waals surface area contributed by atoms with Crippen molar-refractivity contribution in [2.24, 2.45) is 4.99 Å². The quantitative estimate of drug-likeness (QED) is 0.183. The van der Waals surface area contributed by atoms with Crippen LogP contribution in [0.3, 0.4) is 0 Å². The van der Waals surface area contributed by atoms with Crippen LogP contribution in [-0.4, -0.2) is 74.7 Å². The minimum atomic E-state index is -3.69. The van der Waals surface area contributed by atoms with E-state index in [-0.39, 0.29) is 29.3 Å². The van der Waals surface area contributed by atoms with Crippen LogP contribution in [0.25, 0.3) is 11.9 Å². The average molecular weight is 612 g/mol. The Morgan fingerprint density at radius 2 is 1.98 bits per heavy atom. The van der Waals surface area contributed by atoms with E-state index in [1.807, 2.05) is 0 Å². The summed E-state index contributed by atoms with van der Waals surface area (Å²) in [6, 6.07) is 6.61. The maximum atomic E-state index is 15.2. The fourth-order valence-corrected chi connectivity index (χ4v) is 6.26. The molecule has 41 heavy (non-hydrogen) atoms. The number of nitrogens with zero attached hydrogens (tertiary/aromatic N) is 5. The van der Waals surface area contributed by atoms with Gasteiger partial charge in [0, 0.05) is 39.6 Å². The lowest BCUT2D eigenvalue weighted by atomic mass is 9.92. The number of nitriles is 1. The second-order valence-electron chi connectivity index (χ2n) is 10.9. The number of aromatic nitrogens is 1. The van der Waals surface area contributed by atoms with E-state index >= 15 is 4.39 Å². The zero-order valence-electron chi connectivity index (χ0n) is 23.2. The third kappa shape index (κ3) is 7.66. The summed E-state index contributed by atoms with van der Waals surface area (Å²) in [5.74, 6) is -3.58. The van der Waals surface area contributed by atoms with Crippen LogP contribution in [0.2, 0.25) is 25.7 Å². The topological polar surface area (TPSA) is 143 Å². The number of amides is 1. The van der Waals surface area contributed by atoms with E-state index in [2.05, 4.69) is 29.6 Å². The fraction of sp³-hybridized carbons (Fsp3) is 0.385. The van der Waals surface area contributed by atoms with Gasteiger partial charge in [0.15, 0.2) is 0 Å². The van der Waals surface area contributed by atoms with Crippen molar-refractivity contribution < 1.29 is 36.9 Å². The largest absolute Gasteiger partial charge is 0.465 e. The number of halogens is 3. The van der Waals surface area contributed by atoms with Crippen LogP contribution in [0.1, 0.15) is 29.3 Å². The Kier molecular flexibility index (Phi) is 9.56. The minimum Gasteiger partial charge on any atom is -0.465 e. The fourth-order valence-electron chi connectivity index (χ4n) is 3.94. The normalized spacial score (nSPS) is 19.8. The molecule has 3 rings (SSSR count). The summed E-state index contributed by atoms with van der Waals surface area (Å²) in [4.78, 5) is 21.0. The number of hydrogen-bond donors (Lipinski definition) is 3. The smallest absolute Gasteiger partial charge is 0.416 e. The number of guanidine groups is 1. The number of carboxylic acid groups (broad SMARTS) is 1. The second kappa shape index (κ2) is 12.2.